The van der Waals surface area contributed by atoms with Crippen molar-refractivity contribution in [2.75, 3.05) is 13.1 Å². The first-order valence-corrected chi connectivity index (χ1v) is 6.17. The van der Waals surface area contributed by atoms with Crippen LogP contribution in [0.15, 0.2) is 0 Å². The lowest BCUT2D eigenvalue weighted by atomic mass is 10.1. The fraction of sp³-hybridized carbons (Fsp3) is 0.750. The van der Waals surface area contributed by atoms with Gasteiger partial charge in [0.25, 0.3) is 0 Å². The van der Waals surface area contributed by atoms with Gasteiger partial charge in [-0.3, -0.25) is 19.3 Å². The molecule has 1 aliphatic rings. The summed E-state index contributed by atoms with van der Waals surface area (Å²) in [5.74, 6) is -0.339. The zero-order valence-corrected chi connectivity index (χ0v) is 10.5. The Hall–Kier alpha value is -1.39. The first-order valence-electron chi connectivity index (χ1n) is 6.17. The Balaban J connectivity index is 2.21. The van der Waals surface area contributed by atoms with Gasteiger partial charge in [-0.1, -0.05) is 13.8 Å². The van der Waals surface area contributed by atoms with E-state index in [0.717, 1.165) is 6.42 Å². The maximum absolute atomic E-state index is 11.6. The number of nitrogens with zero attached hydrogens (tertiary/aromatic N) is 1. The molecule has 1 unspecified atom stereocenters. The molecule has 5 heteroatoms. The van der Waals surface area contributed by atoms with Crippen molar-refractivity contribution >= 4 is 17.7 Å². The van der Waals surface area contributed by atoms with E-state index in [0.29, 0.717) is 32.4 Å². The number of nitrogens with one attached hydrogen (secondary N) is 1. The summed E-state index contributed by atoms with van der Waals surface area (Å²) in [6.07, 6.45) is 2.30. The van der Waals surface area contributed by atoms with Crippen LogP contribution < -0.4 is 5.32 Å². The third-order valence-corrected chi connectivity index (χ3v) is 2.83. The van der Waals surface area contributed by atoms with E-state index < -0.39 is 0 Å². The highest BCUT2D eigenvalue weighted by Crippen LogP contribution is 2.18. The van der Waals surface area contributed by atoms with Crippen molar-refractivity contribution < 1.29 is 14.4 Å². The van der Waals surface area contributed by atoms with Gasteiger partial charge in [0, 0.05) is 31.8 Å². The molecule has 0 aromatic carbocycles. The van der Waals surface area contributed by atoms with Crippen LogP contribution in [0.2, 0.25) is 0 Å². The highest BCUT2D eigenvalue weighted by molar-refractivity contribution is 6.03. The van der Waals surface area contributed by atoms with Crippen molar-refractivity contribution in [2.45, 2.75) is 39.5 Å². The van der Waals surface area contributed by atoms with Gasteiger partial charge >= 0.3 is 0 Å². The Bertz CT molecular complexity index is 315. The van der Waals surface area contributed by atoms with Crippen molar-refractivity contribution in [3.63, 3.8) is 0 Å². The van der Waals surface area contributed by atoms with E-state index in [4.69, 9.17) is 0 Å². The predicted molar refractivity (Wildman–Crippen MR) is 63.0 cm³/mol. The molecule has 96 valence electrons. The third-order valence-electron chi connectivity index (χ3n) is 2.83. The van der Waals surface area contributed by atoms with E-state index in [-0.39, 0.29) is 23.6 Å². The molecular formula is C12H20N2O3. The molecule has 1 heterocycles. The second-order valence-corrected chi connectivity index (χ2v) is 4.44. The van der Waals surface area contributed by atoms with Crippen molar-refractivity contribution in [1.29, 1.82) is 0 Å². The van der Waals surface area contributed by atoms with Gasteiger partial charge in [-0.25, -0.2) is 0 Å². The lowest BCUT2D eigenvalue weighted by molar-refractivity contribution is -0.139. The maximum Gasteiger partial charge on any atom is 0.232 e. The van der Waals surface area contributed by atoms with E-state index in [2.05, 4.69) is 5.32 Å². The van der Waals surface area contributed by atoms with Crippen molar-refractivity contribution in [1.82, 2.24) is 10.2 Å². The summed E-state index contributed by atoms with van der Waals surface area (Å²) in [7, 11) is 0. The minimum absolute atomic E-state index is 0.0277. The molecule has 0 saturated carbocycles. The Morgan fingerprint density at radius 3 is 2.71 bits per heavy atom. The molecular weight excluding hydrogens is 220 g/mol. The lowest BCUT2D eigenvalue weighted by Gasteiger charge is -2.14. The Labute approximate surface area is 102 Å². The number of imide groups is 1. The molecule has 1 atom stereocenters. The van der Waals surface area contributed by atoms with Crippen LogP contribution in [0.4, 0.5) is 0 Å². The SMILES string of the molecule is CCCC(=O)NCCCN1C(=O)CC(C)C1=O. The molecule has 1 N–H and O–H groups in total. The summed E-state index contributed by atoms with van der Waals surface area (Å²) in [5, 5.41) is 2.76. The number of likely N-dealkylation sites (tertiary alicyclic amines) is 1. The molecule has 0 aromatic rings. The topological polar surface area (TPSA) is 66.5 Å². The van der Waals surface area contributed by atoms with Crippen LogP contribution in [0.1, 0.15) is 39.5 Å². The van der Waals surface area contributed by atoms with E-state index >= 15 is 0 Å². The van der Waals surface area contributed by atoms with Gasteiger partial charge in [0.15, 0.2) is 0 Å². The molecule has 0 bridgehead atoms. The first-order chi connectivity index (χ1) is 8.06. The fourth-order valence-electron chi connectivity index (χ4n) is 1.86. The zero-order valence-electron chi connectivity index (χ0n) is 10.5. The fourth-order valence-corrected chi connectivity index (χ4v) is 1.86. The van der Waals surface area contributed by atoms with Gasteiger partial charge in [-0.2, -0.15) is 0 Å². The lowest BCUT2D eigenvalue weighted by Crippen LogP contribution is -2.33. The molecule has 0 spiro atoms. The molecule has 5 nitrogen and oxygen atoms in total. The smallest absolute Gasteiger partial charge is 0.232 e. The summed E-state index contributed by atoms with van der Waals surface area (Å²) >= 11 is 0. The van der Waals surface area contributed by atoms with Gasteiger partial charge in [0.2, 0.25) is 17.7 Å². The molecule has 1 rings (SSSR count). The summed E-state index contributed by atoms with van der Waals surface area (Å²) in [6.45, 7) is 4.64. The highest BCUT2D eigenvalue weighted by atomic mass is 16.2. The molecule has 1 saturated heterocycles. The van der Waals surface area contributed by atoms with Crippen LogP contribution in [-0.2, 0) is 14.4 Å². The van der Waals surface area contributed by atoms with Gasteiger partial charge < -0.3 is 5.32 Å². The zero-order chi connectivity index (χ0) is 12.8. The normalized spacial score (nSPS) is 19.9. The molecule has 0 aromatic heterocycles. The van der Waals surface area contributed by atoms with E-state index in [1.165, 1.54) is 4.90 Å². The molecule has 1 fully saturated rings. The quantitative estimate of drug-likeness (QED) is 0.548. The average molecular weight is 240 g/mol. The molecule has 0 radical (unpaired) electrons. The van der Waals surface area contributed by atoms with Crippen LogP contribution >= 0.6 is 0 Å². The van der Waals surface area contributed by atoms with Gasteiger partial charge in [-0.15, -0.1) is 0 Å². The van der Waals surface area contributed by atoms with Gasteiger partial charge in [0.05, 0.1) is 0 Å². The van der Waals surface area contributed by atoms with Crippen LogP contribution in [0.3, 0.4) is 0 Å². The maximum atomic E-state index is 11.6. The first kappa shape index (κ1) is 13.7. The third kappa shape index (κ3) is 3.84. The van der Waals surface area contributed by atoms with Gasteiger partial charge in [-0.05, 0) is 12.8 Å². The van der Waals surface area contributed by atoms with Crippen LogP contribution in [0.5, 0.6) is 0 Å². The number of hydrogen-bond acceptors (Lipinski definition) is 3. The highest BCUT2D eigenvalue weighted by Gasteiger charge is 2.34. The standard InChI is InChI=1S/C12H20N2O3/c1-3-5-10(15)13-6-4-7-14-11(16)8-9(2)12(14)17/h9H,3-8H2,1-2H3,(H,13,15). The minimum Gasteiger partial charge on any atom is -0.356 e. The number of amides is 3. The van der Waals surface area contributed by atoms with Crippen molar-refractivity contribution in [3.05, 3.63) is 0 Å². The van der Waals surface area contributed by atoms with E-state index in [1.54, 1.807) is 6.92 Å². The average Bonchev–Trinajstić information content (AvgIpc) is 2.50. The second-order valence-electron chi connectivity index (χ2n) is 4.44. The minimum atomic E-state index is -0.183. The predicted octanol–water partition coefficient (Wildman–Crippen LogP) is 0.688. The van der Waals surface area contributed by atoms with Crippen LogP contribution in [0.25, 0.3) is 0 Å². The summed E-state index contributed by atoms with van der Waals surface area (Å²) in [6, 6.07) is 0. The van der Waals surface area contributed by atoms with Crippen LogP contribution in [-0.4, -0.2) is 35.7 Å². The second kappa shape index (κ2) is 6.37. The van der Waals surface area contributed by atoms with E-state index in [1.807, 2.05) is 6.92 Å². The van der Waals surface area contributed by atoms with Gasteiger partial charge in [0.1, 0.15) is 0 Å². The number of hydrogen-bond donors (Lipinski definition) is 1. The summed E-state index contributed by atoms with van der Waals surface area (Å²) in [5.41, 5.74) is 0. The van der Waals surface area contributed by atoms with E-state index in [9.17, 15) is 14.4 Å². The summed E-state index contributed by atoms with van der Waals surface area (Å²) in [4.78, 5) is 35.5. The van der Waals surface area contributed by atoms with Crippen molar-refractivity contribution in [3.8, 4) is 0 Å². The van der Waals surface area contributed by atoms with Crippen molar-refractivity contribution in [2.24, 2.45) is 5.92 Å². The Morgan fingerprint density at radius 1 is 1.47 bits per heavy atom. The Kier molecular flexibility index (Phi) is 5.12. The molecule has 17 heavy (non-hydrogen) atoms. The largest absolute Gasteiger partial charge is 0.356 e. The number of carbonyl (C=O) groups excluding carboxylic acids is 3. The number of carbonyl (C=O) groups is 3. The van der Waals surface area contributed by atoms with Crippen LogP contribution in [0, 0.1) is 5.92 Å². The molecule has 1 aliphatic heterocycles. The molecule has 0 aliphatic carbocycles. The summed E-state index contributed by atoms with van der Waals surface area (Å²) < 4.78 is 0. The number of rotatable bonds is 6. The molecule has 3 amide bonds. The Morgan fingerprint density at radius 2 is 2.18 bits per heavy atom. The monoisotopic (exact) mass is 240 g/mol.